The van der Waals surface area contributed by atoms with Gasteiger partial charge in [-0.1, -0.05) is 443 Å². The predicted molar refractivity (Wildman–Crippen MR) is 551 cm³/mol. The lowest BCUT2D eigenvalue weighted by Gasteiger charge is -2.26. The van der Waals surface area contributed by atoms with Crippen molar-refractivity contribution in [2.45, 2.75) is 0 Å². The fraction of sp³-hybridized carbons (Fsp3) is 0. The molecule has 0 N–H and O–H groups in total. The molecule has 23 aromatic rings. The highest BCUT2D eigenvalue weighted by atomic mass is 14.4. The van der Waals surface area contributed by atoms with E-state index < -0.39 is 0 Å². The molecule has 0 unspecified atom stereocenters. The molecule has 0 radical (unpaired) electrons. The Hall–Kier alpha value is -16.9. The van der Waals surface area contributed by atoms with Crippen LogP contribution in [0.3, 0.4) is 0 Å². The average Bonchev–Trinajstić information content (AvgIpc) is 1.53. The Bertz CT molecular complexity index is 8250. The second-order valence-corrected chi connectivity index (χ2v) is 34.8. The van der Waals surface area contributed by atoms with Crippen molar-refractivity contribution < 1.29 is 0 Å². The van der Waals surface area contributed by atoms with Crippen LogP contribution in [0.15, 0.2) is 485 Å². The van der Waals surface area contributed by atoms with Crippen molar-refractivity contribution in [3.8, 4) is 234 Å². The standard InChI is InChI=1S/C130H80/c1-13-40-81(41-14-1)107-79-109-110(80-108(107)82-42-15-2-16-43-82)114(84-46-19-4-20-47-84)126-105-72-70-98(100-65-38-68-103(123(100)105)125(126)113(109)83-44-17-3-18-45-83)96-75-94(95-74-93-64-37-67-102-112(93)111(78-95)130-122(92-62-35-12-36-63-92)118(88-54-27-8-28-55-88)117(87-52-25-7-26-53-87)119(127(102)130)89-56-29-9-30-57-89)76-97(77-96)99-71-73-106-124-101(99)66-39-69-104(124)128-120(90-58-31-10-32-59-90)115(85-48-21-5-22-49-85)116(86-50-23-6-24-51-86)121(129(106)128)91-60-33-11-34-61-91/h1-80H. The SMILES string of the molecule is c1ccc(-c2cc3c(-c4ccccc4)c4c(c(-c5ccccc5)c3cc2-c2ccccc2)-c2ccc(-c3cc(-c5cc6c7c(cccc7c5)-c5c(-c7ccccc7)c(-c7ccccc7)c(-c7ccccc7)c(-c7ccccc7)c5-6)cc(-c5ccc6c7c(cccc57)-c5c(-c7ccccc7)c(-c7ccccc7)c(-c7ccccc7)c(-c7ccccc7)c5-6)c3)c3cccc-4c23)cc1. The second-order valence-electron chi connectivity index (χ2n) is 34.8. The van der Waals surface area contributed by atoms with Gasteiger partial charge < -0.3 is 0 Å². The van der Waals surface area contributed by atoms with Crippen molar-refractivity contribution in [2.24, 2.45) is 0 Å². The molecule has 0 aromatic heterocycles. The smallest absolute Gasteiger partial charge is 0.000697 e. The molecule has 0 spiro atoms. The summed E-state index contributed by atoms with van der Waals surface area (Å²) in [4.78, 5) is 0. The molecule has 0 atom stereocenters. The van der Waals surface area contributed by atoms with Crippen LogP contribution in [-0.4, -0.2) is 0 Å². The van der Waals surface area contributed by atoms with Gasteiger partial charge in [0, 0.05) is 0 Å². The van der Waals surface area contributed by atoms with Gasteiger partial charge in [-0.25, -0.2) is 0 Å². The lowest BCUT2D eigenvalue weighted by molar-refractivity contribution is 1.54. The van der Waals surface area contributed by atoms with Crippen LogP contribution in [-0.2, 0) is 0 Å². The number of benzene rings is 23. The Balaban J connectivity index is 0.768. The first-order valence-electron chi connectivity index (χ1n) is 45.3. The van der Waals surface area contributed by atoms with Crippen LogP contribution >= 0.6 is 0 Å². The van der Waals surface area contributed by atoms with Crippen LogP contribution in [0.2, 0.25) is 0 Å². The third-order valence-electron chi connectivity index (χ3n) is 27.8. The summed E-state index contributed by atoms with van der Waals surface area (Å²) in [6, 6.07) is 183. The van der Waals surface area contributed by atoms with E-state index >= 15 is 0 Å². The fourth-order valence-electron chi connectivity index (χ4n) is 22.6. The zero-order chi connectivity index (χ0) is 85.4. The molecule has 600 valence electrons. The molecule has 26 rings (SSSR count). The predicted octanol–water partition coefficient (Wildman–Crippen LogP) is 36.2. The average molecular weight is 1640 g/mol. The van der Waals surface area contributed by atoms with Gasteiger partial charge in [-0.3, -0.25) is 0 Å². The van der Waals surface area contributed by atoms with E-state index in [1.165, 1.54) is 249 Å². The van der Waals surface area contributed by atoms with Crippen molar-refractivity contribution in [3.63, 3.8) is 0 Å². The highest BCUT2D eigenvalue weighted by Gasteiger charge is 2.39. The van der Waals surface area contributed by atoms with Crippen molar-refractivity contribution in [1.29, 1.82) is 0 Å². The first-order valence-corrected chi connectivity index (χ1v) is 45.3. The van der Waals surface area contributed by atoms with Gasteiger partial charge in [-0.15, -0.1) is 0 Å². The van der Waals surface area contributed by atoms with Gasteiger partial charge in [0.2, 0.25) is 0 Å². The molecule has 0 bridgehead atoms. The minimum atomic E-state index is 1.13. The summed E-state index contributed by atoms with van der Waals surface area (Å²) in [5.74, 6) is 0. The van der Waals surface area contributed by atoms with Crippen LogP contribution in [0.4, 0.5) is 0 Å². The zero-order valence-corrected chi connectivity index (χ0v) is 71.2. The van der Waals surface area contributed by atoms with Crippen LogP contribution in [0.5, 0.6) is 0 Å². The Kier molecular flexibility index (Phi) is 17.5. The summed E-state index contributed by atoms with van der Waals surface area (Å²) in [7, 11) is 0. The lowest BCUT2D eigenvalue weighted by Crippen LogP contribution is -1.99. The van der Waals surface area contributed by atoms with Crippen molar-refractivity contribution in [3.05, 3.63) is 485 Å². The molecule has 0 nitrogen and oxygen atoms in total. The van der Waals surface area contributed by atoms with E-state index in [-0.39, 0.29) is 0 Å². The molecule has 3 aliphatic carbocycles. The van der Waals surface area contributed by atoms with Gasteiger partial charge in [0.15, 0.2) is 0 Å². The summed E-state index contributed by atoms with van der Waals surface area (Å²) in [6.45, 7) is 0. The second kappa shape index (κ2) is 30.5. The van der Waals surface area contributed by atoms with Gasteiger partial charge in [0.05, 0.1) is 0 Å². The quantitative estimate of drug-likeness (QED) is 0.0960. The number of hydrogen-bond donors (Lipinski definition) is 0. The van der Waals surface area contributed by atoms with E-state index in [1.54, 1.807) is 0 Å². The van der Waals surface area contributed by atoms with Gasteiger partial charge in [-0.05, 0) is 319 Å². The number of hydrogen-bond acceptors (Lipinski definition) is 0. The van der Waals surface area contributed by atoms with Gasteiger partial charge in [-0.2, -0.15) is 0 Å². The van der Waals surface area contributed by atoms with Crippen LogP contribution in [0.25, 0.3) is 277 Å². The monoisotopic (exact) mass is 1640 g/mol. The van der Waals surface area contributed by atoms with Gasteiger partial charge >= 0.3 is 0 Å². The van der Waals surface area contributed by atoms with E-state index in [2.05, 4.69) is 485 Å². The fourth-order valence-corrected chi connectivity index (χ4v) is 22.6. The summed E-state index contributed by atoms with van der Waals surface area (Å²) >= 11 is 0. The van der Waals surface area contributed by atoms with Crippen molar-refractivity contribution >= 4 is 43.1 Å². The maximum atomic E-state index is 2.57. The zero-order valence-electron chi connectivity index (χ0n) is 71.2. The molecule has 0 amide bonds. The van der Waals surface area contributed by atoms with Crippen molar-refractivity contribution in [2.75, 3.05) is 0 Å². The summed E-state index contributed by atoms with van der Waals surface area (Å²) in [5.41, 5.74) is 50.5. The van der Waals surface area contributed by atoms with Gasteiger partial charge in [0.25, 0.3) is 0 Å². The Labute approximate surface area is 756 Å². The first kappa shape index (κ1) is 74.5. The van der Waals surface area contributed by atoms with Crippen LogP contribution < -0.4 is 0 Å². The maximum Gasteiger partial charge on any atom is -0.000697 e. The largest absolute Gasteiger partial charge is 0.0622 e. The molecule has 0 saturated carbocycles. The molecule has 0 aliphatic heterocycles. The molecule has 130 heavy (non-hydrogen) atoms. The maximum absolute atomic E-state index is 2.57. The Morgan fingerprint density at radius 1 is 0.0846 bits per heavy atom. The summed E-state index contributed by atoms with van der Waals surface area (Å²) in [5, 5.41) is 9.79. The highest BCUT2D eigenvalue weighted by molar-refractivity contribution is 6.32. The molecule has 0 heteroatoms. The minimum Gasteiger partial charge on any atom is -0.0622 e. The molecule has 0 saturated heterocycles. The van der Waals surface area contributed by atoms with E-state index in [1.807, 2.05) is 0 Å². The third-order valence-corrected chi connectivity index (χ3v) is 27.8. The van der Waals surface area contributed by atoms with E-state index in [9.17, 15) is 0 Å². The Morgan fingerprint density at radius 2 is 0.300 bits per heavy atom. The van der Waals surface area contributed by atoms with E-state index in [4.69, 9.17) is 0 Å². The molecular weight excluding hydrogens is 1560 g/mol. The molecule has 0 fully saturated rings. The lowest BCUT2D eigenvalue weighted by atomic mass is 9.76. The Morgan fingerprint density at radius 3 is 0.600 bits per heavy atom. The minimum absolute atomic E-state index is 1.13. The highest BCUT2D eigenvalue weighted by Crippen LogP contribution is 2.66. The topological polar surface area (TPSA) is 0 Å². The van der Waals surface area contributed by atoms with Crippen LogP contribution in [0.1, 0.15) is 0 Å². The van der Waals surface area contributed by atoms with Crippen LogP contribution in [0, 0.1) is 0 Å². The van der Waals surface area contributed by atoms with Gasteiger partial charge in [0.1, 0.15) is 0 Å². The van der Waals surface area contributed by atoms with E-state index in [0.29, 0.717) is 0 Å². The number of rotatable bonds is 15. The van der Waals surface area contributed by atoms with E-state index in [0.717, 1.165) is 27.8 Å². The summed E-state index contributed by atoms with van der Waals surface area (Å²) < 4.78 is 0. The molecular formula is C130H80. The summed E-state index contributed by atoms with van der Waals surface area (Å²) in [6.07, 6.45) is 0. The first-order chi connectivity index (χ1) is 64.6. The third kappa shape index (κ3) is 11.7. The molecule has 0 heterocycles. The normalized spacial score (nSPS) is 11.8. The molecule has 3 aliphatic rings. The number of fused-ring (bicyclic) bond motifs is 10. The van der Waals surface area contributed by atoms with Crippen molar-refractivity contribution in [1.82, 2.24) is 0 Å². The molecule has 23 aromatic carbocycles.